The van der Waals surface area contributed by atoms with Crippen LogP contribution in [0.15, 0.2) is 5.38 Å². The van der Waals surface area contributed by atoms with Crippen molar-refractivity contribution in [1.82, 2.24) is 10.3 Å². The van der Waals surface area contributed by atoms with Gasteiger partial charge in [-0.3, -0.25) is 4.79 Å². The highest BCUT2D eigenvalue weighted by molar-refractivity contribution is 7.92. The second-order valence-corrected chi connectivity index (χ2v) is 7.71. The van der Waals surface area contributed by atoms with Gasteiger partial charge in [0.2, 0.25) is 5.91 Å². The molecule has 20 heavy (non-hydrogen) atoms. The molecule has 0 atom stereocenters. The van der Waals surface area contributed by atoms with E-state index in [4.69, 9.17) is 5.11 Å². The second-order valence-electron chi connectivity index (χ2n) is 4.66. The average molecular weight is 320 g/mol. The average Bonchev–Trinajstić information content (AvgIpc) is 2.72. The van der Waals surface area contributed by atoms with Gasteiger partial charge in [-0.15, -0.1) is 11.3 Å². The molecule has 0 radical (unpaired) electrons. The third-order valence-electron chi connectivity index (χ3n) is 2.15. The lowest BCUT2D eigenvalue weighted by Gasteiger charge is -2.07. The lowest BCUT2D eigenvalue weighted by Crippen LogP contribution is -2.31. The monoisotopic (exact) mass is 320 g/mol. The summed E-state index contributed by atoms with van der Waals surface area (Å²) in [7, 11) is -3.42. The van der Waals surface area contributed by atoms with Crippen LogP contribution in [0.2, 0.25) is 0 Å². The molecular weight excluding hydrogens is 304 g/mol. The minimum absolute atomic E-state index is 0.0218. The highest BCUT2D eigenvalue weighted by Gasteiger charge is 2.18. The second kappa shape index (κ2) is 6.80. The maximum absolute atomic E-state index is 11.6. The van der Waals surface area contributed by atoms with Gasteiger partial charge < -0.3 is 10.4 Å². The maximum Gasteiger partial charge on any atom is 0.355 e. The molecule has 0 unspecified atom stereocenters. The number of aromatic nitrogens is 1. The molecule has 0 saturated carbocycles. The molecule has 1 aromatic heterocycles. The fourth-order valence-corrected chi connectivity index (χ4v) is 3.82. The van der Waals surface area contributed by atoms with Crippen LogP contribution in [0, 0.1) is 5.92 Å². The minimum atomic E-state index is -3.42. The molecule has 112 valence electrons. The lowest BCUT2D eigenvalue weighted by atomic mass is 10.3. The molecule has 2 N–H and O–H groups in total. The number of hydrogen-bond acceptors (Lipinski definition) is 6. The van der Waals surface area contributed by atoms with Crippen LogP contribution in [0.25, 0.3) is 0 Å². The summed E-state index contributed by atoms with van der Waals surface area (Å²) in [5.74, 6) is -2.40. The highest BCUT2D eigenvalue weighted by Crippen LogP contribution is 2.09. The molecule has 1 amide bonds. The van der Waals surface area contributed by atoms with Crippen LogP contribution in [-0.2, 0) is 21.2 Å². The molecule has 0 aliphatic rings. The van der Waals surface area contributed by atoms with E-state index in [1.54, 1.807) is 13.8 Å². The van der Waals surface area contributed by atoms with Crippen LogP contribution in [0.4, 0.5) is 0 Å². The third kappa shape index (κ3) is 5.66. The van der Waals surface area contributed by atoms with E-state index < -0.39 is 27.5 Å². The van der Waals surface area contributed by atoms with Gasteiger partial charge in [0, 0.05) is 5.38 Å². The fourth-order valence-electron chi connectivity index (χ4n) is 1.48. The Hall–Kier alpha value is -1.48. The number of sulfone groups is 1. The number of nitrogens with zero attached hydrogens (tertiary/aromatic N) is 1. The van der Waals surface area contributed by atoms with Crippen LogP contribution in [0.3, 0.4) is 0 Å². The first-order valence-corrected chi connectivity index (χ1v) is 8.54. The quantitative estimate of drug-likeness (QED) is 0.757. The van der Waals surface area contributed by atoms with Crippen molar-refractivity contribution in [1.29, 1.82) is 0 Å². The summed E-state index contributed by atoms with van der Waals surface area (Å²) in [5, 5.41) is 12.9. The SMILES string of the molecule is CC(C)CS(=O)(=O)CC(=O)NCc1nc(C(=O)O)cs1. The molecule has 0 saturated heterocycles. The number of hydrogen-bond donors (Lipinski definition) is 2. The van der Waals surface area contributed by atoms with Gasteiger partial charge in [0.1, 0.15) is 10.8 Å². The van der Waals surface area contributed by atoms with Gasteiger partial charge in [0.05, 0.1) is 12.3 Å². The number of nitrogens with one attached hydrogen (secondary N) is 1. The van der Waals surface area contributed by atoms with Crippen molar-refractivity contribution in [3.63, 3.8) is 0 Å². The van der Waals surface area contributed by atoms with Gasteiger partial charge in [-0.25, -0.2) is 18.2 Å². The number of carboxylic acid groups (broad SMARTS) is 1. The van der Waals surface area contributed by atoms with Crippen molar-refractivity contribution in [2.75, 3.05) is 11.5 Å². The number of carboxylic acids is 1. The Balaban J connectivity index is 2.49. The molecular formula is C11H16N2O5S2. The van der Waals surface area contributed by atoms with Gasteiger partial charge >= 0.3 is 5.97 Å². The zero-order valence-corrected chi connectivity index (χ0v) is 12.8. The van der Waals surface area contributed by atoms with Gasteiger partial charge in [0.25, 0.3) is 0 Å². The van der Waals surface area contributed by atoms with Crippen molar-refractivity contribution >= 4 is 33.1 Å². The Kier molecular flexibility index (Phi) is 5.63. The normalized spacial score (nSPS) is 11.6. The summed E-state index contributed by atoms with van der Waals surface area (Å²) < 4.78 is 23.2. The van der Waals surface area contributed by atoms with E-state index in [1.807, 2.05) is 0 Å². The molecule has 0 aliphatic heterocycles. The van der Waals surface area contributed by atoms with E-state index in [1.165, 1.54) is 5.38 Å². The van der Waals surface area contributed by atoms with E-state index >= 15 is 0 Å². The van der Waals surface area contributed by atoms with Crippen LogP contribution < -0.4 is 5.32 Å². The van der Waals surface area contributed by atoms with Crippen LogP contribution >= 0.6 is 11.3 Å². The van der Waals surface area contributed by atoms with Gasteiger partial charge in [-0.2, -0.15) is 0 Å². The third-order valence-corrected chi connectivity index (χ3v) is 4.87. The Morgan fingerprint density at radius 2 is 2.10 bits per heavy atom. The van der Waals surface area contributed by atoms with E-state index in [-0.39, 0.29) is 23.9 Å². The van der Waals surface area contributed by atoms with E-state index in [0.717, 1.165) is 11.3 Å². The van der Waals surface area contributed by atoms with Crippen LogP contribution in [-0.4, -0.2) is 41.9 Å². The van der Waals surface area contributed by atoms with Crippen molar-refractivity contribution < 1.29 is 23.1 Å². The van der Waals surface area contributed by atoms with Gasteiger partial charge in [-0.05, 0) is 5.92 Å². The first kappa shape index (κ1) is 16.6. The summed E-state index contributed by atoms with van der Waals surface area (Å²) in [6, 6.07) is 0. The molecule has 0 aliphatic carbocycles. The molecule has 9 heteroatoms. The van der Waals surface area contributed by atoms with Crippen molar-refractivity contribution in [2.45, 2.75) is 20.4 Å². The van der Waals surface area contributed by atoms with Gasteiger partial charge in [-0.1, -0.05) is 13.8 Å². The van der Waals surface area contributed by atoms with E-state index in [9.17, 15) is 18.0 Å². The van der Waals surface area contributed by atoms with Gasteiger partial charge in [0.15, 0.2) is 15.5 Å². The lowest BCUT2D eigenvalue weighted by molar-refractivity contribution is -0.118. The smallest absolute Gasteiger partial charge is 0.355 e. The number of amides is 1. The Bertz CT molecular complexity index is 592. The standard InChI is InChI=1S/C11H16N2O5S2/c1-7(2)5-20(17,18)6-9(14)12-3-10-13-8(4-19-10)11(15)16/h4,7H,3,5-6H2,1-2H3,(H,12,14)(H,15,16). The largest absolute Gasteiger partial charge is 0.476 e. The highest BCUT2D eigenvalue weighted by atomic mass is 32.2. The summed E-state index contributed by atoms with van der Waals surface area (Å²) in [6.45, 7) is 3.55. The number of thiazole rings is 1. The van der Waals surface area contributed by atoms with Crippen molar-refractivity contribution in [3.05, 3.63) is 16.1 Å². The van der Waals surface area contributed by atoms with Crippen LogP contribution in [0.5, 0.6) is 0 Å². The summed E-state index contributed by atoms with van der Waals surface area (Å²) >= 11 is 1.09. The molecule has 0 spiro atoms. The zero-order valence-electron chi connectivity index (χ0n) is 11.1. The number of carbonyl (C=O) groups is 2. The molecule has 1 heterocycles. The van der Waals surface area contributed by atoms with Crippen molar-refractivity contribution in [2.24, 2.45) is 5.92 Å². The molecule has 0 bridgehead atoms. The summed E-state index contributed by atoms with van der Waals surface area (Å²) in [5.41, 5.74) is -0.0910. The Morgan fingerprint density at radius 1 is 1.45 bits per heavy atom. The predicted molar refractivity (Wildman–Crippen MR) is 74.4 cm³/mol. The number of carbonyl (C=O) groups excluding carboxylic acids is 1. The Labute approximate surface area is 121 Å². The first-order valence-electron chi connectivity index (χ1n) is 5.84. The van der Waals surface area contributed by atoms with E-state index in [2.05, 4.69) is 10.3 Å². The van der Waals surface area contributed by atoms with Crippen LogP contribution in [0.1, 0.15) is 29.3 Å². The predicted octanol–water partition coefficient (Wildman–Crippen LogP) is 0.528. The summed E-state index contributed by atoms with van der Waals surface area (Å²) in [4.78, 5) is 25.9. The number of aromatic carboxylic acids is 1. The summed E-state index contributed by atoms with van der Waals surface area (Å²) in [6.07, 6.45) is 0. The molecule has 0 fully saturated rings. The van der Waals surface area contributed by atoms with Crippen molar-refractivity contribution in [3.8, 4) is 0 Å². The zero-order chi connectivity index (χ0) is 15.3. The minimum Gasteiger partial charge on any atom is -0.476 e. The first-order chi connectivity index (χ1) is 9.19. The fraction of sp³-hybridized carbons (Fsp3) is 0.545. The molecule has 0 aromatic carbocycles. The maximum atomic E-state index is 11.6. The molecule has 1 rings (SSSR count). The molecule has 7 nitrogen and oxygen atoms in total. The topological polar surface area (TPSA) is 113 Å². The molecule has 1 aromatic rings. The Morgan fingerprint density at radius 3 is 2.60 bits per heavy atom. The number of rotatable bonds is 7. The van der Waals surface area contributed by atoms with E-state index in [0.29, 0.717) is 5.01 Å².